The number of hydrogen-bond donors (Lipinski definition) is 2. The van der Waals surface area contributed by atoms with Crippen LogP contribution in [0.3, 0.4) is 0 Å². The molecule has 2 rings (SSSR count). The molecule has 0 radical (unpaired) electrons. The Morgan fingerprint density at radius 3 is 3.00 bits per heavy atom. The second-order valence-corrected chi connectivity index (χ2v) is 3.38. The molecule has 84 valence electrons. The third kappa shape index (κ3) is 2.20. The Hall–Kier alpha value is -1.88. The first kappa shape index (κ1) is 10.6. The molecule has 1 aromatic heterocycles. The highest BCUT2D eigenvalue weighted by atomic mass is 16.5. The van der Waals surface area contributed by atoms with Gasteiger partial charge in [0.25, 0.3) is 0 Å². The second kappa shape index (κ2) is 4.76. The average molecular weight is 219 g/mol. The second-order valence-electron chi connectivity index (χ2n) is 3.38. The van der Waals surface area contributed by atoms with Crippen molar-refractivity contribution in [3.05, 3.63) is 24.5 Å². The molecule has 1 heterocycles. The van der Waals surface area contributed by atoms with E-state index in [9.17, 15) is 0 Å². The molecule has 0 aliphatic heterocycles. The van der Waals surface area contributed by atoms with E-state index in [1.807, 2.05) is 6.07 Å². The molecule has 16 heavy (non-hydrogen) atoms. The number of anilines is 1. The van der Waals surface area contributed by atoms with Gasteiger partial charge in [-0.1, -0.05) is 0 Å². The predicted molar refractivity (Wildman–Crippen MR) is 61.1 cm³/mol. The predicted octanol–water partition coefficient (Wildman–Crippen LogP) is 0.973. The molecule has 1 aromatic carbocycles. The quantitative estimate of drug-likeness (QED) is 0.591. The highest BCUT2D eigenvalue weighted by Crippen LogP contribution is 2.22. The Morgan fingerprint density at radius 2 is 2.19 bits per heavy atom. The van der Waals surface area contributed by atoms with Crippen LogP contribution in [0.1, 0.15) is 6.42 Å². The van der Waals surface area contributed by atoms with Crippen LogP contribution in [0.2, 0.25) is 0 Å². The van der Waals surface area contributed by atoms with E-state index in [1.54, 1.807) is 12.1 Å². The summed E-state index contributed by atoms with van der Waals surface area (Å²) in [7, 11) is 0. The molecule has 0 fully saturated rings. The van der Waals surface area contributed by atoms with E-state index in [0.717, 1.165) is 10.9 Å². The fourth-order valence-electron chi connectivity index (χ4n) is 1.40. The van der Waals surface area contributed by atoms with Crippen molar-refractivity contribution in [2.24, 2.45) is 0 Å². The number of nitrogen functional groups attached to an aromatic ring is 1. The number of hydrogen-bond acceptors (Lipinski definition) is 5. The lowest BCUT2D eigenvalue weighted by Gasteiger charge is -2.06. The van der Waals surface area contributed by atoms with Gasteiger partial charge in [0.1, 0.15) is 6.33 Å². The first-order valence-electron chi connectivity index (χ1n) is 5.05. The number of aromatic nitrogens is 2. The van der Waals surface area contributed by atoms with Gasteiger partial charge in [-0.3, -0.25) is 0 Å². The summed E-state index contributed by atoms with van der Waals surface area (Å²) < 4.78 is 5.45. The van der Waals surface area contributed by atoms with Crippen molar-refractivity contribution in [2.75, 3.05) is 18.9 Å². The summed E-state index contributed by atoms with van der Waals surface area (Å²) in [6, 6.07) is 5.39. The molecule has 0 saturated heterocycles. The first-order chi connectivity index (χ1) is 7.81. The molecule has 2 aromatic rings. The zero-order valence-corrected chi connectivity index (χ0v) is 8.76. The van der Waals surface area contributed by atoms with E-state index in [4.69, 9.17) is 15.6 Å². The van der Waals surface area contributed by atoms with Crippen molar-refractivity contribution in [3.8, 4) is 5.88 Å². The summed E-state index contributed by atoms with van der Waals surface area (Å²) in [6.07, 6.45) is 2.02. The van der Waals surface area contributed by atoms with Crippen LogP contribution in [-0.4, -0.2) is 28.3 Å². The van der Waals surface area contributed by atoms with E-state index in [1.165, 1.54) is 6.33 Å². The lowest BCUT2D eigenvalue weighted by atomic mass is 10.2. The molecule has 3 N–H and O–H groups in total. The van der Waals surface area contributed by atoms with E-state index in [0.29, 0.717) is 24.6 Å². The molecule has 5 nitrogen and oxygen atoms in total. The summed E-state index contributed by atoms with van der Waals surface area (Å²) in [4.78, 5) is 8.16. The third-order valence-electron chi connectivity index (χ3n) is 2.17. The molecule has 5 heteroatoms. The minimum Gasteiger partial charge on any atom is -0.477 e. The SMILES string of the molecule is Nc1ccc2c(OCCCO)ncnc2c1. The van der Waals surface area contributed by atoms with Gasteiger partial charge in [-0.05, 0) is 18.2 Å². The summed E-state index contributed by atoms with van der Waals surface area (Å²) in [6.45, 7) is 0.545. The first-order valence-corrected chi connectivity index (χ1v) is 5.05. The number of rotatable bonds is 4. The molecule has 0 atom stereocenters. The van der Waals surface area contributed by atoms with Crippen molar-refractivity contribution < 1.29 is 9.84 Å². The van der Waals surface area contributed by atoms with Gasteiger partial charge in [-0.25, -0.2) is 9.97 Å². The van der Waals surface area contributed by atoms with E-state index in [-0.39, 0.29) is 6.61 Å². The molecule has 0 spiro atoms. The molecular formula is C11H13N3O2. The van der Waals surface area contributed by atoms with Crippen molar-refractivity contribution in [1.82, 2.24) is 9.97 Å². The van der Waals surface area contributed by atoms with Crippen LogP contribution in [-0.2, 0) is 0 Å². The maximum Gasteiger partial charge on any atom is 0.224 e. The number of nitrogens with zero attached hydrogens (tertiary/aromatic N) is 2. The Bertz CT molecular complexity index is 488. The molecule has 0 unspecified atom stereocenters. The summed E-state index contributed by atoms with van der Waals surface area (Å²) >= 11 is 0. The van der Waals surface area contributed by atoms with Gasteiger partial charge in [-0.15, -0.1) is 0 Å². The average Bonchev–Trinajstić information content (AvgIpc) is 2.29. The lowest BCUT2D eigenvalue weighted by molar-refractivity contribution is 0.230. The Morgan fingerprint density at radius 1 is 1.31 bits per heavy atom. The Kier molecular flexibility index (Phi) is 3.16. The minimum absolute atomic E-state index is 0.107. The van der Waals surface area contributed by atoms with Crippen molar-refractivity contribution in [3.63, 3.8) is 0 Å². The molecule has 0 bridgehead atoms. The van der Waals surface area contributed by atoms with Crippen LogP contribution < -0.4 is 10.5 Å². The van der Waals surface area contributed by atoms with E-state index < -0.39 is 0 Å². The zero-order chi connectivity index (χ0) is 11.4. The van der Waals surface area contributed by atoms with Crippen LogP contribution >= 0.6 is 0 Å². The standard InChI is InChI=1S/C11H13N3O2/c12-8-2-3-9-10(6-8)13-7-14-11(9)16-5-1-4-15/h2-3,6-7,15H,1,4-5,12H2. The molecule has 0 amide bonds. The topological polar surface area (TPSA) is 81.3 Å². The fourth-order valence-corrected chi connectivity index (χ4v) is 1.40. The van der Waals surface area contributed by atoms with Crippen LogP contribution in [0.5, 0.6) is 5.88 Å². The maximum atomic E-state index is 8.66. The van der Waals surface area contributed by atoms with Crippen LogP contribution in [0.15, 0.2) is 24.5 Å². The lowest BCUT2D eigenvalue weighted by Crippen LogP contribution is -2.02. The van der Waals surface area contributed by atoms with Gasteiger partial charge < -0.3 is 15.6 Å². The number of aliphatic hydroxyl groups is 1. The molecule has 0 aliphatic rings. The van der Waals surface area contributed by atoms with Crippen molar-refractivity contribution in [1.29, 1.82) is 0 Å². The van der Waals surface area contributed by atoms with Gasteiger partial charge in [0.2, 0.25) is 5.88 Å². The van der Waals surface area contributed by atoms with Crippen LogP contribution in [0.25, 0.3) is 10.9 Å². The summed E-state index contributed by atoms with van der Waals surface area (Å²) in [5.74, 6) is 0.526. The largest absolute Gasteiger partial charge is 0.477 e. The number of aliphatic hydroxyl groups excluding tert-OH is 1. The smallest absolute Gasteiger partial charge is 0.224 e. The Labute approximate surface area is 92.9 Å². The summed E-state index contributed by atoms with van der Waals surface area (Å²) in [5, 5.41) is 9.49. The third-order valence-corrected chi connectivity index (χ3v) is 2.17. The van der Waals surface area contributed by atoms with Gasteiger partial charge in [0, 0.05) is 18.7 Å². The van der Waals surface area contributed by atoms with Crippen molar-refractivity contribution >= 4 is 16.6 Å². The molecule has 0 saturated carbocycles. The van der Waals surface area contributed by atoms with E-state index >= 15 is 0 Å². The molecule has 0 aliphatic carbocycles. The van der Waals surface area contributed by atoms with Gasteiger partial charge in [-0.2, -0.15) is 0 Å². The van der Waals surface area contributed by atoms with Gasteiger partial charge >= 0.3 is 0 Å². The van der Waals surface area contributed by atoms with Gasteiger partial charge in [0.05, 0.1) is 17.5 Å². The minimum atomic E-state index is 0.107. The van der Waals surface area contributed by atoms with Crippen LogP contribution in [0, 0.1) is 0 Å². The van der Waals surface area contributed by atoms with Crippen molar-refractivity contribution in [2.45, 2.75) is 6.42 Å². The highest BCUT2D eigenvalue weighted by molar-refractivity contribution is 5.85. The summed E-state index contributed by atoms with van der Waals surface area (Å²) in [5.41, 5.74) is 7.08. The number of ether oxygens (including phenoxy) is 1. The number of nitrogens with two attached hydrogens (primary N) is 1. The monoisotopic (exact) mass is 219 g/mol. The highest BCUT2D eigenvalue weighted by Gasteiger charge is 2.04. The number of benzene rings is 1. The van der Waals surface area contributed by atoms with Crippen LogP contribution in [0.4, 0.5) is 5.69 Å². The molecular weight excluding hydrogens is 206 g/mol. The Balaban J connectivity index is 2.30. The van der Waals surface area contributed by atoms with Gasteiger partial charge in [0.15, 0.2) is 0 Å². The fraction of sp³-hybridized carbons (Fsp3) is 0.273. The number of fused-ring (bicyclic) bond motifs is 1. The van der Waals surface area contributed by atoms with E-state index in [2.05, 4.69) is 9.97 Å². The zero-order valence-electron chi connectivity index (χ0n) is 8.76. The maximum absolute atomic E-state index is 8.66. The normalized spacial score (nSPS) is 10.6.